The van der Waals surface area contributed by atoms with Crippen LogP contribution in [0.25, 0.3) is 0 Å². The van der Waals surface area contributed by atoms with Gasteiger partial charge in [-0.3, -0.25) is 0 Å². The largest absolute Gasteiger partial charge is 0.389 e. The Morgan fingerprint density at radius 3 is 2.47 bits per heavy atom. The number of hydrogen-bond donors (Lipinski definition) is 1. The SMILES string of the molecule is CC(C)N(CCC#N)c1ccccc1[C@@H](C)O. The second kappa shape index (κ2) is 6.27. The summed E-state index contributed by atoms with van der Waals surface area (Å²) >= 11 is 0. The number of hydrogen-bond acceptors (Lipinski definition) is 3. The molecule has 0 aliphatic carbocycles. The van der Waals surface area contributed by atoms with E-state index in [1.807, 2.05) is 24.3 Å². The molecule has 0 aliphatic heterocycles. The molecule has 92 valence electrons. The minimum absolute atomic E-state index is 0.309. The molecule has 0 unspecified atom stereocenters. The van der Waals surface area contributed by atoms with Gasteiger partial charge >= 0.3 is 0 Å². The lowest BCUT2D eigenvalue weighted by Crippen LogP contribution is -2.32. The molecule has 1 N–H and O–H groups in total. The van der Waals surface area contributed by atoms with Gasteiger partial charge in [0.15, 0.2) is 0 Å². The van der Waals surface area contributed by atoms with E-state index in [0.717, 1.165) is 11.3 Å². The molecule has 0 aliphatic rings. The van der Waals surface area contributed by atoms with Crippen LogP contribution in [0.1, 0.15) is 38.9 Å². The number of aliphatic hydroxyl groups is 1. The Morgan fingerprint density at radius 2 is 1.94 bits per heavy atom. The molecular weight excluding hydrogens is 212 g/mol. The second-order valence-corrected chi connectivity index (χ2v) is 4.43. The summed E-state index contributed by atoms with van der Waals surface area (Å²) in [5, 5.41) is 18.5. The fourth-order valence-electron chi connectivity index (χ4n) is 1.93. The number of para-hydroxylation sites is 1. The molecule has 0 amide bonds. The van der Waals surface area contributed by atoms with Crippen molar-refractivity contribution >= 4 is 5.69 Å². The third-order valence-electron chi connectivity index (χ3n) is 2.78. The predicted molar refractivity (Wildman–Crippen MR) is 69.8 cm³/mol. The first-order valence-corrected chi connectivity index (χ1v) is 5.98. The summed E-state index contributed by atoms with van der Waals surface area (Å²) in [4.78, 5) is 2.16. The van der Waals surface area contributed by atoms with Gasteiger partial charge in [-0.25, -0.2) is 0 Å². The van der Waals surface area contributed by atoms with Crippen molar-refractivity contribution < 1.29 is 5.11 Å². The maximum atomic E-state index is 9.77. The number of aliphatic hydroxyl groups excluding tert-OH is 1. The molecule has 3 heteroatoms. The van der Waals surface area contributed by atoms with Crippen molar-refractivity contribution in [2.75, 3.05) is 11.4 Å². The minimum atomic E-state index is -0.491. The first kappa shape index (κ1) is 13.5. The maximum absolute atomic E-state index is 9.77. The fourth-order valence-corrected chi connectivity index (χ4v) is 1.93. The van der Waals surface area contributed by atoms with E-state index < -0.39 is 6.10 Å². The van der Waals surface area contributed by atoms with Gasteiger partial charge in [0, 0.05) is 23.8 Å². The first-order chi connectivity index (χ1) is 8.07. The Bertz CT molecular complexity index is 393. The van der Waals surface area contributed by atoms with Crippen molar-refractivity contribution in [3.63, 3.8) is 0 Å². The van der Waals surface area contributed by atoms with E-state index in [4.69, 9.17) is 5.26 Å². The molecule has 0 radical (unpaired) electrons. The van der Waals surface area contributed by atoms with Crippen LogP contribution in [-0.4, -0.2) is 17.7 Å². The monoisotopic (exact) mass is 232 g/mol. The highest BCUT2D eigenvalue weighted by Gasteiger charge is 2.15. The van der Waals surface area contributed by atoms with Crippen LogP contribution in [0.3, 0.4) is 0 Å². The third kappa shape index (κ3) is 3.47. The van der Waals surface area contributed by atoms with Gasteiger partial charge in [0.05, 0.1) is 18.6 Å². The second-order valence-electron chi connectivity index (χ2n) is 4.43. The quantitative estimate of drug-likeness (QED) is 0.849. The predicted octanol–water partition coefficient (Wildman–Crippen LogP) is 2.87. The zero-order valence-corrected chi connectivity index (χ0v) is 10.7. The highest BCUT2D eigenvalue weighted by atomic mass is 16.3. The highest BCUT2D eigenvalue weighted by Crippen LogP contribution is 2.27. The molecule has 0 saturated carbocycles. The maximum Gasteiger partial charge on any atom is 0.0781 e. The number of nitriles is 1. The molecule has 0 bridgehead atoms. The van der Waals surface area contributed by atoms with E-state index in [2.05, 4.69) is 24.8 Å². The van der Waals surface area contributed by atoms with Crippen LogP contribution in [0.5, 0.6) is 0 Å². The molecule has 0 aromatic heterocycles. The minimum Gasteiger partial charge on any atom is -0.389 e. The summed E-state index contributed by atoms with van der Waals surface area (Å²) in [5.41, 5.74) is 1.94. The van der Waals surface area contributed by atoms with Crippen LogP contribution >= 0.6 is 0 Å². The zero-order valence-electron chi connectivity index (χ0n) is 10.7. The molecule has 0 saturated heterocycles. The summed E-state index contributed by atoms with van der Waals surface area (Å²) in [5.74, 6) is 0. The Hall–Kier alpha value is -1.53. The molecule has 0 fully saturated rings. The normalized spacial score (nSPS) is 12.2. The molecule has 0 heterocycles. The van der Waals surface area contributed by atoms with Crippen LogP contribution in [0.15, 0.2) is 24.3 Å². The Labute approximate surface area is 103 Å². The Balaban J connectivity index is 3.05. The van der Waals surface area contributed by atoms with Gasteiger partial charge in [0.25, 0.3) is 0 Å². The van der Waals surface area contributed by atoms with Gasteiger partial charge in [0.1, 0.15) is 0 Å². The molecule has 3 nitrogen and oxygen atoms in total. The third-order valence-corrected chi connectivity index (χ3v) is 2.78. The summed E-state index contributed by atoms with van der Waals surface area (Å²) < 4.78 is 0. The number of rotatable bonds is 5. The molecule has 1 atom stereocenters. The lowest BCUT2D eigenvalue weighted by Gasteiger charge is -2.30. The standard InChI is InChI=1S/C14H20N2O/c1-11(2)16(10-6-9-15)14-8-5-4-7-13(14)12(3)17/h4-5,7-8,11-12,17H,6,10H2,1-3H3/t12-/m1/s1. The van der Waals surface area contributed by atoms with Gasteiger partial charge in [0.2, 0.25) is 0 Å². The van der Waals surface area contributed by atoms with Gasteiger partial charge in [-0.15, -0.1) is 0 Å². The van der Waals surface area contributed by atoms with Gasteiger partial charge in [-0.2, -0.15) is 5.26 Å². The van der Waals surface area contributed by atoms with E-state index in [1.54, 1.807) is 6.92 Å². The first-order valence-electron chi connectivity index (χ1n) is 5.98. The molecule has 17 heavy (non-hydrogen) atoms. The molecule has 1 rings (SSSR count). The van der Waals surface area contributed by atoms with Crippen molar-refractivity contribution in [3.8, 4) is 6.07 Å². The summed E-state index contributed by atoms with van der Waals surface area (Å²) in [6, 6.07) is 10.3. The topological polar surface area (TPSA) is 47.3 Å². The summed E-state index contributed by atoms with van der Waals surface area (Å²) in [6.07, 6.45) is 0.00121. The van der Waals surface area contributed by atoms with E-state index in [9.17, 15) is 5.11 Å². The summed E-state index contributed by atoms with van der Waals surface area (Å²) in [7, 11) is 0. The smallest absolute Gasteiger partial charge is 0.0781 e. The van der Waals surface area contributed by atoms with Gasteiger partial charge in [-0.1, -0.05) is 18.2 Å². The van der Waals surface area contributed by atoms with Crippen LogP contribution in [-0.2, 0) is 0 Å². The lowest BCUT2D eigenvalue weighted by molar-refractivity contribution is 0.199. The molecule has 1 aromatic carbocycles. The number of nitrogens with zero attached hydrogens (tertiary/aromatic N) is 2. The summed E-state index contributed by atoms with van der Waals surface area (Å²) in [6.45, 7) is 6.64. The number of benzene rings is 1. The van der Waals surface area contributed by atoms with E-state index in [-0.39, 0.29) is 0 Å². The zero-order chi connectivity index (χ0) is 12.8. The average Bonchev–Trinajstić information content (AvgIpc) is 2.29. The van der Waals surface area contributed by atoms with Gasteiger partial charge in [-0.05, 0) is 26.8 Å². The highest BCUT2D eigenvalue weighted by molar-refractivity contribution is 5.55. The molecule has 0 spiro atoms. The average molecular weight is 232 g/mol. The van der Waals surface area contributed by atoms with Crippen LogP contribution in [0.2, 0.25) is 0 Å². The van der Waals surface area contributed by atoms with Crippen molar-refractivity contribution in [1.29, 1.82) is 5.26 Å². The van der Waals surface area contributed by atoms with Crippen LogP contribution in [0.4, 0.5) is 5.69 Å². The molecular formula is C14H20N2O. The van der Waals surface area contributed by atoms with Crippen molar-refractivity contribution in [1.82, 2.24) is 0 Å². The molecule has 1 aromatic rings. The van der Waals surface area contributed by atoms with Gasteiger partial charge < -0.3 is 10.0 Å². The van der Waals surface area contributed by atoms with E-state index in [1.165, 1.54) is 0 Å². The van der Waals surface area contributed by atoms with Crippen molar-refractivity contribution in [2.24, 2.45) is 0 Å². The lowest BCUT2D eigenvalue weighted by atomic mass is 10.1. The van der Waals surface area contributed by atoms with Crippen LogP contribution in [0, 0.1) is 11.3 Å². The van der Waals surface area contributed by atoms with E-state index in [0.29, 0.717) is 19.0 Å². The fraction of sp³-hybridized carbons (Fsp3) is 0.500. The van der Waals surface area contributed by atoms with Crippen LogP contribution < -0.4 is 4.90 Å². The van der Waals surface area contributed by atoms with Crippen molar-refractivity contribution in [3.05, 3.63) is 29.8 Å². The Kier molecular flexibility index (Phi) is 4.99. The van der Waals surface area contributed by atoms with Crippen molar-refractivity contribution in [2.45, 2.75) is 39.3 Å². The number of anilines is 1. The van der Waals surface area contributed by atoms with E-state index >= 15 is 0 Å². The Morgan fingerprint density at radius 1 is 1.29 bits per heavy atom.